The zero-order valence-corrected chi connectivity index (χ0v) is 15.7. The van der Waals surface area contributed by atoms with Crippen molar-refractivity contribution in [3.8, 4) is 0 Å². The van der Waals surface area contributed by atoms with E-state index < -0.39 is 0 Å². The monoisotopic (exact) mass is 358 g/mol. The van der Waals surface area contributed by atoms with Gasteiger partial charge in [-0.15, -0.1) is 11.3 Å². The number of piperidine rings is 1. The number of nitrogens with one attached hydrogen (secondary N) is 2. The summed E-state index contributed by atoms with van der Waals surface area (Å²) in [5, 5.41) is 8.01. The van der Waals surface area contributed by atoms with Gasteiger partial charge in [0.25, 0.3) is 0 Å². The number of nitrogens with zero attached hydrogens (tertiary/aromatic N) is 4. The van der Waals surface area contributed by atoms with Crippen molar-refractivity contribution in [1.29, 1.82) is 0 Å². The fourth-order valence-corrected chi connectivity index (χ4v) is 3.74. The molecule has 3 rings (SSSR count). The molecule has 1 aliphatic rings. The highest BCUT2D eigenvalue weighted by Crippen LogP contribution is 2.17. The minimum atomic E-state index is 0.439. The van der Waals surface area contributed by atoms with Crippen LogP contribution in [0.4, 0.5) is 5.82 Å². The summed E-state index contributed by atoms with van der Waals surface area (Å²) in [6.07, 6.45) is 7.02. The SMILES string of the molecule is CCc1cnc(CNC(=NC)NC2CCN(c3ccccn3)CC2)s1. The summed E-state index contributed by atoms with van der Waals surface area (Å²) >= 11 is 1.76. The summed E-state index contributed by atoms with van der Waals surface area (Å²) < 4.78 is 0. The molecule has 2 N–H and O–H groups in total. The standard InChI is InChI=1S/C18H26N6S/c1-3-15-12-21-17(25-15)13-22-18(19-2)23-14-7-10-24(11-8-14)16-6-4-5-9-20-16/h4-6,9,12,14H,3,7-8,10-11,13H2,1-2H3,(H2,19,22,23). The zero-order valence-electron chi connectivity index (χ0n) is 14.9. The first-order chi connectivity index (χ1) is 12.3. The van der Waals surface area contributed by atoms with E-state index in [1.807, 2.05) is 31.6 Å². The largest absolute Gasteiger partial charge is 0.356 e. The normalized spacial score (nSPS) is 16.1. The predicted octanol–water partition coefficient (Wildman–Crippen LogP) is 2.43. The van der Waals surface area contributed by atoms with E-state index in [1.165, 1.54) is 4.88 Å². The molecular weight excluding hydrogens is 332 g/mol. The summed E-state index contributed by atoms with van der Waals surface area (Å²) in [5.41, 5.74) is 0. The van der Waals surface area contributed by atoms with E-state index >= 15 is 0 Å². The van der Waals surface area contributed by atoms with Crippen LogP contribution < -0.4 is 15.5 Å². The number of hydrogen-bond acceptors (Lipinski definition) is 5. The molecule has 0 aliphatic carbocycles. The van der Waals surface area contributed by atoms with Crippen molar-refractivity contribution >= 4 is 23.1 Å². The predicted molar refractivity (Wildman–Crippen MR) is 104 cm³/mol. The van der Waals surface area contributed by atoms with Gasteiger partial charge in [0.1, 0.15) is 10.8 Å². The van der Waals surface area contributed by atoms with Crippen molar-refractivity contribution in [2.45, 2.75) is 38.8 Å². The molecule has 0 amide bonds. The minimum absolute atomic E-state index is 0.439. The van der Waals surface area contributed by atoms with Gasteiger partial charge in [0.05, 0.1) is 6.54 Å². The Labute approximate surface area is 153 Å². The molecule has 0 unspecified atom stereocenters. The Hall–Kier alpha value is -2.15. The highest BCUT2D eigenvalue weighted by atomic mass is 32.1. The van der Waals surface area contributed by atoms with Gasteiger partial charge in [0.2, 0.25) is 0 Å². The molecule has 1 fully saturated rings. The molecule has 7 heteroatoms. The fraction of sp³-hybridized carbons (Fsp3) is 0.500. The van der Waals surface area contributed by atoms with Gasteiger partial charge in [-0.2, -0.15) is 0 Å². The van der Waals surface area contributed by atoms with Gasteiger partial charge in [0.15, 0.2) is 5.96 Å². The summed E-state index contributed by atoms with van der Waals surface area (Å²) in [5.74, 6) is 1.92. The molecule has 0 spiro atoms. The number of pyridine rings is 1. The van der Waals surface area contributed by atoms with Gasteiger partial charge >= 0.3 is 0 Å². The third kappa shape index (κ3) is 4.92. The van der Waals surface area contributed by atoms with Gasteiger partial charge in [-0.25, -0.2) is 9.97 Å². The summed E-state index contributed by atoms with van der Waals surface area (Å²) in [4.78, 5) is 16.9. The molecule has 3 heterocycles. The third-order valence-electron chi connectivity index (χ3n) is 4.39. The Morgan fingerprint density at radius 1 is 1.32 bits per heavy atom. The molecule has 0 radical (unpaired) electrons. The van der Waals surface area contributed by atoms with Crippen LogP contribution in [0.2, 0.25) is 0 Å². The Bertz CT molecular complexity index is 676. The van der Waals surface area contributed by atoms with Gasteiger partial charge in [0, 0.05) is 43.4 Å². The Morgan fingerprint density at radius 2 is 2.16 bits per heavy atom. The lowest BCUT2D eigenvalue weighted by molar-refractivity contribution is 0.459. The van der Waals surface area contributed by atoms with Crippen LogP contribution in [0, 0.1) is 0 Å². The third-order valence-corrected chi connectivity index (χ3v) is 5.53. The van der Waals surface area contributed by atoms with E-state index in [1.54, 1.807) is 11.3 Å². The molecule has 6 nitrogen and oxygen atoms in total. The number of aromatic nitrogens is 2. The molecule has 2 aromatic rings. The van der Waals surface area contributed by atoms with Gasteiger partial charge in [-0.05, 0) is 31.4 Å². The van der Waals surface area contributed by atoms with Crippen molar-refractivity contribution in [3.05, 3.63) is 40.5 Å². The first-order valence-electron chi connectivity index (χ1n) is 8.85. The first-order valence-corrected chi connectivity index (χ1v) is 9.67. The highest BCUT2D eigenvalue weighted by Gasteiger charge is 2.20. The molecule has 25 heavy (non-hydrogen) atoms. The van der Waals surface area contributed by atoms with Crippen molar-refractivity contribution in [2.24, 2.45) is 4.99 Å². The second-order valence-corrected chi connectivity index (χ2v) is 7.29. The van der Waals surface area contributed by atoms with Crippen molar-refractivity contribution in [2.75, 3.05) is 25.0 Å². The van der Waals surface area contributed by atoms with Crippen LogP contribution in [0.25, 0.3) is 0 Å². The van der Waals surface area contributed by atoms with Crippen molar-refractivity contribution < 1.29 is 0 Å². The number of aliphatic imine (C=N–C) groups is 1. The lowest BCUT2D eigenvalue weighted by atomic mass is 10.1. The number of aryl methyl sites for hydroxylation is 1. The number of guanidine groups is 1. The molecule has 2 aromatic heterocycles. The van der Waals surface area contributed by atoms with Crippen molar-refractivity contribution in [1.82, 2.24) is 20.6 Å². The molecule has 1 saturated heterocycles. The van der Waals surface area contributed by atoms with Crippen LogP contribution in [-0.2, 0) is 13.0 Å². The van der Waals surface area contributed by atoms with Crippen molar-refractivity contribution in [3.63, 3.8) is 0 Å². The van der Waals surface area contributed by atoms with Crippen LogP contribution in [0.5, 0.6) is 0 Å². The average Bonchev–Trinajstić information content (AvgIpc) is 3.14. The number of anilines is 1. The highest BCUT2D eigenvalue weighted by molar-refractivity contribution is 7.11. The molecule has 0 saturated carbocycles. The number of thiazole rings is 1. The van der Waals surface area contributed by atoms with Crippen LogP contribution >= 0.6 is 11.3 Å². The maximum atomic E-state index is 4.44. The Balaban J connectivity index is 1.45. The molecule has 134 valence electrons. The van der Waals surface area contributed by atoms with Crippen LogP contribution in [-0.4, -0.2) is 42.1 Å². The fourth-order valence-electron chi connectivity index (χ4n) is 2.93. The molecule has 0 bridgehead atoms. The molecule has 1 aliphatic heterocycles. The molecular formula is C18H26N6S. The molecule has 0 aromatic carbocycles. The topological polar surface area (TPSA) is 65.4 Å². The summed E-state index contributed by atoms with van der Waals surface area (Å²) in [6, 6.07) is 6.52. The van der Waals surface area contributed by atoms with Crippen LogP contribution in [0.15, 0.2) is 35.6 Å². The van der Waals surface area contributed by atoms with E-state index in [0.717, 1.165) is 55.7 Å². The van der Waals surface area contributed by atoms with Crippen LogP contribution in [0.3, 0.4) is 0 Å². The van der Waals surface area contributed by atoms with Gasteiger partial charge in [-0.1, -0.05) is 13.0 Å². The summed E-state index contributed by atoms with van der Waals surface area (Å²) in [6.45, 7) is 4.90. The van der Waals surface area contributed by atoms with E-state index in [0.29, 0.717) is 6.04 Å². The van der Waals surface area contributed by atoms with Gasteiger partial charge in [-0.3, -0.25) is 4.99 Å². The van der Waals surface area contributed by atoms with E-state index in [-0.39, 0.29) is 0 Å². The smallest absolute Gasteiger partial charge is 0.191 e. The quantitative estimate of drug-likeness (QED) is 0.635. The van der Waals surface area contributed by atoms with E-state index in [9.17, 15) is 0 Å². The maximum absolute atomic E-state index is 4.44. The van der Waals surface area contributed by atoms with Gasteiger partial charge < -0.3 is 15.5 Å². The zero-order chi connectivity index (χ0) is 17.5. The lowest BCUT2D eigenvalue weighted by Crippen LogP contribution is -2.48. The van der Waals surface area contributed by atoms with Crippen LogP contribution in [0.1, 0.15) is 29.7 Å². The average molecular weight is 359 g/mol. The van der Waals surface area contributed by atoms with E-state index in [4.69, 9.17) is 0 Å². The minimum Gasteiger partial charge on any atom is -0.356 e. The molecule has 0 atom stereocenters. The Morgan fingerprint density at radius 3 is 2.80 bits per heavy atom. The Kier molecular flexibility index (Phi) is 6.22. The second-order valence-electron chi connectivity index (χ2n) is 6.09. The second kappa shape index (κ2) is 8.80. The lowest BCUT2D eigenvalue weighted by Gasteiger charge is -2.33. The number of hydrogen-bond donors (Lipinski definition) is 2. The van der Waals surface area contributed by atoms with E-state index in [2.05, 4.69) is 43.5 Å². The maximum Gasteiger partial charge on any atom is 0.191 e. The summed E-state index contributed by atoms with van der Waals surface area (Å²) in [7, 11) is 1.82. The number of rotatable bonds is 5. The first kappa shape index (κ1) is 17.7.